The largest absolute Gasteiger partial charge is 0.478 e. The minimum Gasteiger partial charge on any atom is -0.478 e. The molecule has 0 spiro atoms. The second-order valence-electron chi connectivity index (χ2n) is 5.20. The van der Waals surface area contributed by atoms with E-state index in [1.807, 2.05) is 0 Å². The molecule has 5 nitrogen and oxygen atoms in total. The Morgan fingerprint density at radius 3 is 2.56 bits per heavy atom. The van der Waals surface area contributed by atoms with E-state index in [2.05, 4.69) is 0 Å². The molecule has 0 aromatic rings. The minimum atomic E-state index is -1.44. The van der Waals surface area contributed by atoms with E-state index in [1.54, 1.807) is 20.8 Å². The summed E-state index contributed by atoms with van der Waals surface area (Å²) in [4.78, 5) is 23.4. The third-order valence-electron chi connectivity index (χ3n) is 2.41. The van der Waals surface area contributed by atoms with Gasteiger partial charge in [-0.05, 0) is 32.8 Å². The number of aliphatic carboxylic acids is 1. The molecule has 1 saturated heterocycles. The number of nitrogens with zero attached hydrogens (tertiary/aromatic N) is 1. The van der Waals surface area contributed by atoms with Crippen molar-refractivity contribution in [2.75, 3.05) is 13.1 Å². The van der Waals surface area contributed by atoms with Gasteiger partial charge in [-0.15, -0.1) is 0 Å². The zero-order valence-electron chi connectivity index (χ0n) is 10.8. The minimum absolute atomic E-state index is 0.159. The second-order valence-corrected chi connectivity index (χ2v) is 5.20. The van der Waals surface area contributed by atoms with Crippen LogP contribution in [0.15, 0.2) is 11.6 Å². The van der Waals surface area contributed by atoms with E-state index >= 15 is 0 Å². The molecule has 1 heterocycles. The number of halogens is 1. The Morgan fingerprint density at radius 1 is 1.50 bits per heavy atom. The molecule has 1 aliphatic heterocycles. The van der Waals surface area contributed by atoms with Gasteiger partial charge >= 0.3 is 12.1 Å². The molecule has 0 radical (unpaired) electrons. The number of carbonyl (C=O) groups excluding carboxylic acids is 1. The molecule has 1 aliphatic rings. The maximum absolute atomic E-state index is 13.7. The molecule has 0 aromatic carbocycles. The Bertz CT molecular complexity index is 373. The lowest BCUT2D eigenvalue weighted by molar-refractivity contribution is -0.131. The van der Waals surface area contributed by atoms with Crippen molar-refractivity contribution < 1.29 is 23.8 Å². The van der Waals surface area contributed by atoms with Gasteiger partial charge in [-0.25, -0.2) is 14.0 Å². The van der Waals surface area contributed by atoms with Gasteiger partial charge in [0.15, 0.2) is 0 Å². The Hall–Kier alpha value is -1.59. The Morgan fingerprint density at radius 2 is 2.11 bits per heavy atom. The van der Waals surface area contributed by atoms with Gasteiger partial charge in [0, 0.05) is 12.6 Å². The molecule has 0 aliphatic carbocycles. The van der Waals surface area contributed by atoms with Crippen molar-refractivity contribution in [1.29, 1.82) is 0 Å². The molecule has 6 heteroatoms. The highest BCUT2D eigenvalue weighted by atomic mass is 19.1. The highest BCUT2D eigenvalue weighted by molar-refractivity contribution is 5.81. The maximum Gasteiger partial charge on any atom is 0.410 e. The quantitative estimate of drug-likeness (QED) is 0.731. The van der Waals surface area contributed by atoms with Gasteiger partial charge < -0.3 is 14.7 Å². The highest BCUT2D eigenvalue weighted by Crippen LogP contribution is 2.21. The molecule has 1 unspecified atom stereocenters. The van der Waals surface area contributed by atoms with E-state index in [0.717, 1.165) is 6.08 Å². The average Bonchev–Trinajstić information content (AvgIpc) is 2.17. The first kappa shape index (κ1) is 14.5. The SMILES string of the molecule is CC(C)(C)OC(=O)N1CC/C(=C\C(=O)O)C(F)C1. The lowest BCUT2D eigenvalue weighted by Crippen LogP contribution is -2.44. The monoisotopic (exact) mass is 259 g/mol. The molecular weight excluding hydrogens is 241 g/mol. The summed E-state index contributed by atoms with van der Waals surface area (Å²) < 4.78 is 18.8. The number of likely N-dealkylation sites (tertiary alicyclic amines) is 1. The lowest BCUT2D eigenvalue weighted by atomic mass is 10.0. The molecular formula is C12H18FNO4. The molecule has 0 aromatic heterocycles. The third kappa shape index (κ3) is 4.35. The third-order valence-corrected chi connectivity index (χ3v) is 2.41. The average molecular weight is 259 g/mol. The van der Waals surface area contributed by atoms with Crippen molar-refractivity contribution in [3.05, 3.63) is 11.6 Å². The van der Waals surface area contributed by atoms with Gasteiger partial charge in [0.05, 0.1) is 6.54 Å². The molecule has 102 valence electrons. The molecule has 1 amide bonds. The van der Waals surface area contributed by atoms with E-state index in [1.165, 1.54) is 4.90 Å². The number of hydrogen-bond acceptors (Lipinski definition) is 3. The van der Waals surface area contributed by atoms with Crippen LogP contribution in [0, 0.1) is 0 Å². The summed E-state index contributed by atoms with van der Waals surface area (Å²) >= 11 is 0. The van der Waals surface area contributed by atoms with Crippen LogP contribution in [0.4, 0.5) is 9.18 Å². The first-order valence-corrected chi connectivity index (χ1v) is 5.74. The number of piperidine rings is 1. The first-order valence-electron chi connectivity index (χ1n) is 5.74. The normalized spacial score (nSPS) is 23.0. The Kier molecular flexibility index (Phi) is 4.32. The van der Waals surface area contributed by atoms with Crippen molar-refractivity contribution in [3.63, 3.8) is 0 Å². The zero-order valence-corrected chi connectivity index (χ0v) is 10.8. The number of hydrogen-bond donors (Lipinski definition) is 1. The number of carboxylic acids is 1. The lowest BCUT2D eigenvalue weighted by Gasteiger charge is -2.32. The van der Waals surface area contributed by atoms with Gasteiger partial charge in [0.2, 0.25) is 0 Å². The van der Waals surface area contributed by atoms with Gasteiger partial charge in [-0.2, -0.15) is 0 Å². The number of alkyl halides is 1. The molecule has 0 bridgehead atoms. The van der Waals surface area contributed by atoms with Crippen molar-refractivity contribution in [2.45, 2.75) is 39.0 Å². The van der Waals surface area contributed by atoms with Crippen LogP contribution < -0.4 is 0 Å². The van der Waals surface area contributed by atoms with Crippen LogP contribution in [0.2, 0.25) is 0 Å². The number of carboxylic acid groups (broad SMARTS) is 1. The fourth-order valence-corrected chi connectivity index (χ4v) is 1.64. The molecule has 1 rings (SSSR count). The zero-order chi connectivity index (χ0) is 13.9. The Balaban J connectivity index is 2.61. The van der Waals surface area contributed by atoms with Gasteiger partial charge in [-0.1, -0.05) is 0 Å². The van der Waals surface area contributed by atoms with E-state index in [-0.39, 0.29) is 25.1 Å². The van der Waals surface area contributed by atoms with E-state index < -0.39 is 23.8 Å². The molecule has 1 fully saturated rings. The van der Waals surface area contributed by atoms with Gasteiger partial charge in [-0.3, -0.25) is 0 Å². The smallest absolute Gasteiger partial charge is 0.410 e. The molecule has 1 atom stereocenters. The van der Waals surface area contributed by atoms with E-state index in [0.29, 0.717) is 0 Å². The molecule has 18 heavy (non-hydrogen) atoms. The summed E-state index contributed by atoms with van der Waals surface area (Å²) in [6.45, 7) is 5.31. The highest BCUT2D eigenvalue weighted by Gasteiger charge is 2.30. The van der Waals surface area contributed by atoms with Crippen LogP contribution in [0.5, 0.6) is 0 Å². The van der Waals surface area contributed by atoms with Crippen molar-refractivity contribution in [3.8, 4) is 0 Å². The van der Waals surface area contributed by atoms with Crippen LogP contribution in [0.3, 0.4) is 0 Å². The van der Waals surface area contributed by atoms with Gasteiger partial charge in [0.25, 0.3) is 0 Å². The number of amides is 1. The van der Waals surface area contributed by atoms with Crippen molar-refractivity contribution >= 4 is 12.1 Å². The van der Waals surface area contributed by atoms with Crippen molar-refractivity contribution in [2.24, 2.45) is 0 Å². The number of ether oxygens (including phenoxy) is 1. The summed E-state index contributed by atoms with van der Waals surface area (Å²) in [5.74, 6) is -1.17. The predicted molar refractivity (Wildman–Crippen MR) is 63.0 cm³/mol. The van der Waals surface area contributed by atoms with Crippen molar-refractivity contribution in [1.82, 2.24) is 4.90 Å². The van der Waals surface area contributed by atoms with Crippen LogP contribution in [-0.2, 0) is 9.53 Å². The number of carbonyl (C=O) groups is 2. The second kappa shape index (κ2) is 5.37. The summed E-state index contributed by atoms with van der Waals surface area (Å²) in [6.07, 6.45) is -0.925. The van der Waals surface area contributed by atoms with Crippen LogP contribution in [-0.4, -0.2) is 46.9 Å². The van der Waals surface area contributed by atoms with Crippen LogP contribution in [0.25, 0.3) is 0 Å². The number of rotatable bonds is 1. The first-order chi connectivity index (χ1) is 8.19. The fraction of sp³-hybridized carbons (Fsp3) is 0.667. The fourth-order valence-electron chi connectivity index (χ4n) is 1.64. The molecule has 0 saturated carbocycles. The summed E-state index contributed by atoms with van der Waals surface area (Å²) in [5.41, 5.74) is -0.414. The van der Waals surface area contributed by atoms with E-state index in [9.17, 15) is 14.0 Å². The maximum atomic E-state index is 13.7. The summed E-state index contributed by atoms with van der Waals surface area (Å²) in [5, 5.41) is 8.56. The summed E-state index contributed by atoms with van der Waals surface area (Å²) in [6, 6.07) is 0. The van der Waals surface area contributed by atoms with E-state index in [4.69, 9.17) is 9.84 Å². The topological polar surface area (TPSA) is 66.8 Å². The predicted octanol–water partition coefficient (Wildman–Crippen LogP) is 1.98. The van der Waals surface area contributed by atoms with Gasteiger partial charge in [0.1, 0.15) is 11.8 Å². The molecule has 1 N–H and O–H groups in total. The Labute approximate surface area is 105 Å². The standard InChI is InChI=1S/C12H18FNO4/c1-12(2,3)18-11(17)14-5-4-8(6-10(15)16)9(13)7-14/h6,9H,4-5,7H2,1-3H3,(H,15,16)/b8-6+. The summed E-state index contributed by atoms with van der Waals surface area (Å²) in [7, 11) is 0. The van der Waals surface area contributed by atoms with Crippen LogP contribution in [0.1, 0.15) is 27.2 Å². The van der Waals surface area contributed by atoms with Crippen LogP contribution >= 0.6 is 0 Å².